The maximum atomic E-state index is 5.94. The van der Waals surface area contributed by atoms with Gasteiger partial charge in [-0.25, -0.2) is 0 Å². The largest absolute Gasteiger partial charge is 0.417 e. The van der Waals surface area contributed by atoms with Crippen molar-refractivity contribution in [1.29, 1.82) is 0 Å². The first-order valence-electron chi connectivity index (χ1n) is 10.9. The Morgan fingerprint density at radius 3 is 1.35 bits per heavy atom. The van der Waals surface area contributed by atoms with Crippen molar-refractivity contribution in [3.05, 3.63) is 91.0 Å². The summed E-state index contributed by atoms with van der Waals surface area (Å²) >= 11 is 3.40. The van der Waals surface area contributed by atoms with Crippen molar-refractivity contribution in [3.63, 3.8) is 0 Å². The van der Waals surface area contributed by atoms with Crippen molar-refractivity contribution < 1.29 is 4.43 Å². The van der Waals surface area contributed by atoms with E-state index in [1.165, 1.54) is 15.9 Å². The molecule has 4 heteroatoms. The third-order valence-electron chi connectivity index (χ3n) is 5.59. The van der Waals surface area contributed by atoms with Gasteiger partial charge in [-0.1, -0.05) is 128 Å². The van der Waals surface area contributed by atoms with Gasteiger partial charge < -0.3 is 4.43 Å². The third-order valence-corrected chi connectivity index (χ3v) is 13.1. The monoisotopic (exact) mass is 514 g/mol. The molecule has 3 rings (SSSR count). The van der Waals surface area contributed by atoms with Crippen LogP contribution in [0.25, 0.3) is 0 Å². The minimum absolute atomic E-state index is 0.347. The molecule has 0 aromatic heterocycles. The number of hydrogen-bond acceptors (Lipinski definition) is 1. The molecule has 0 heterocycles. The van der Waals surface area contributed by atoms with Crippen LogP contribution in [0.15, 0.2) is 91.0 Å². The van der Waals surface area contributed by atoms with Crippen LogP contribution in [0.3, 0.4) is 0 Å². The third kappa shape index (κ3) is 8.31. The number of hydrogen-bond donors (Lipinski definition) is 0. The van der Waals surface area contributed by atoms with E-state index >= 15 is 0 Å². The first-order valence-corrected chi connectivity index (χ1v) is 16.3. The van der Waals surface area contributed by atoms with Gasteiger partial charge in [-0.3, -0.25) is 0 Å². The van der Waals surface area contributed by atoms with Crippen molar-refractivity contribution in [1.82, 2.24) is 0 Å². The lowest BCUT2D eigenvalue weighted by atomic mass is 10.2. The summed E-state index contributed by atoms with van der Waals surface area (Å²) in [7, 11) is -1.91. The highest BCUT2D eigenvalue weighted by atomic mass is 79.9. The van der Waals surface area contributed by atoms with Gasteiger partial charge in [0.2, 0.25) is 0 Å². The summed E-state index contributed by atoms with van der Waals surface area (Å²) in [5.74, 6) is 0. The number of benzene rings is 3. The van der Waals surface area contributed by atoms with E-state index in [0.717, 1.165) is 18.4 Å². The van der Waals surface area contributed by atoms with Crippen LogP contribution in [-0.2, 0) is 4.43 Å². The summed E-state index contributed by atoms with van der Waals surface area (Å²) in [6, 6.07) is 32.3. The molecule has 3 aromatic carbocycles. The van der Waals surface area contributed by atoms with E-state index in [9.17, 15) is 0 Å². The van der Waals surface area contributed by atoms with Gasteiger partial charge in [-0.15, -0.1) is 0 Å². The molecule has 0 spiro atoms. The van der Waals surface area contributed by atoms with Gasteiger partial charge in [-0.05, 0) is 48.4 Å². The molecule has 0 amide bonds. The van der Waals surface area contributed by atoms with Crippen LogP contribution < -0.4 is 15.9 Å². The summed E-state index contributed by atoms with van der Waals surface area (Å²) in [4.78, 5) is 0. The molecule has 0 bridgehead atoms. The second-order valence-electron chi connectivity index (χ2n) is 8.99. The van der Waals surface area contributed by atoms with Crippen molar-refractivity contribution in [2.24, 2.45) is 0 Å². The molecule has 0 aliphatic carbocycles. The molecule has 1 nitrogen and oxygen atoms in total. The Hall–Kier alpha value is -1.25. The van der Waals surface area contributed by atoms with Crippen LogP contribution in [0.5, 0.6) is 0 Å². The molecular formula is C27H36BrOPSi. The Balaban J connectivity index is 0.000000248. The van der Waals surface area contributed by atoms with Gasteiger partial charge in [0.05, 0.1) is 0 Å². The summed E-state index contributed by atoms with van der Waals surface area (Å²) < 4.78 is 5.94. The molecule has 0 unspecified atom stereocenters. The van der Waals surface area contributed by atoms with E-state index in [2.05, 4.69) is 141 Å². The predicted molar refractivity (Wildman–Crippen MR) is 147 cm³/mol. The lowest BCUT2D eigenvalue weighted by molar-refractivity contribution is 0.289. The zero-order chi connectivity index (χ0) is 22.7. The SMILES string of the molecule is CC(C)(C)[Si](C)(C)OCCCBr.c1ccc(P(c2ccccc2)c2ccccc2)cc1. The topological polar surface area (TPSA) is 9.23 Å². The first-order chi connectivity index (χ1) is 14.8. The van der Waals surface area contributed by atoms with Crippen molar-refractivity contribution in [3.8, 4) is 0 Å². The molecule has 0 atom stereocenters. The number of rotatable bonds is 7. The molecule has 3 aromatic rings. The highest BCUT2D eigenvalue weighted by molar-refractivity contribution is 9.09. The Morgan fingerprint density at radius 1 is 0.710 bits per heavy atom. The van der Waals surface area contributed by atoms with Gasteiger partial charge in [0.25, 0.3) is 0 Å². The molecule has 0 saturated carbocycles. The Kier molecular flexibility index (Phi) is 10.7. The molecule has 0 N–H and O–H groups in total. The summed E-state index contributed by atoms with van der Waals surface area (Å²) in [6.07, 6.45) is 1.12. The smallest absolute Gasteiger partial charge is 0.191 e. The Morgan fingerprint density at radius 2 is 1.06 bits per heavy atom. The van der Waals surface area contributed by atoms with E-state index < -0.39 is 16.2 Å². The molecule has 0 fully saturated rings. The van der Waals surface area contributed by atoms with Crippen LogP contribution in [0.2, 0.25) is 18.1 Å². The van der Waals surface area contributed by atoms with Crippen LogP contribution >= 0.6 is 23.9 Å². The van der Waals surface area contributed by atoms with Gasteiger partial charge in [0.15, 0.2) is 8.32 Å². The van der Waals surface area contributed by atoms with Crippen LogP contribution in [-0.4, -0.2) is 20.3 Å². The van der Waals surface area contributed by atoms with Crippen molar-refractivity contribution >= 4 is 48.1 Å². The molecule has 0 aliphatic rings. The fourth-order valence-corrected chi connectivity index (χ4v) is 6.40. The van der Waals surface area contributed by atoms with Gasteiger partial charge in [-0.2, -0.15) is 0 Å². The minimum atomic E-state index is -1.46. The molecule has 0 saturated heterocycles. The van der Waals surface area contributed by atoms with E-state index in [-0.39, 0.29) is 0 Å². The minimum Gasteiger partial charge on any atom is -0.417 e. The first kappa shape index (κ1) is 26.0. The van der Waals surface area contributed by atoms with E-state index in [1.54, 1.807) is 0 Å². The predicted octanol–water partition coefficient (Wildman–Crippen LogP) is 7.24. The Labute approximate surface area is 200 Å². The lowest BCUT2D eigenvalue weighted by Gasteiger charge is -2.36. The molecule has 166 valence electrons. The fourth-order valence-electron chi connectivity index (χ4n) is 2.78. The van der Waals surface area contributed by atoms with Gasteiger partial charge in [0, 0.05) is 11.9 Å². The van der Waals surface area contributed by atoms with Crippen molar-refractivity contribution in [2.75, 3.05) is 11.9 Å². The maximum Gasteiger partial charge on any atom is 0.191 e. The quantitative estimate of drug-likeness (QED) is 0.140. The molecule has 0 radical (unpaired) electrons. The average molecular weight is 516 g/mol. The van der Waals surface area contributed by atoms with E-state index in [0.29, 0.717) is 5.04 Å². The summed E-state index contributed by atoms with van der Waals surface area (Å²) in [5, 5.41) is 5.58. The van der Waals surface area contributed by atoms with Crippen molar-refractivity contribution in [2.45, 2.75) is 45.3 Å². The highest BCUT2D eigenvalue weighted by Crippen LogP contribution is 2.36. The standard InChI is InChI=1S/C18H15P.C9H21BrOSi/c1-4-10-16(11-5-1)19(17-12-6-2-7-13-17)18-14-8-3-9-15-18;1-9(2,3)12(4,5)11-8-6-7-10/h1-15H;6-8H2,1-5H3. The van der Waals surface area contributed by atoms with Gasteiger partial charge in [0.1, 0.15) is 0 Å². The van der Waals surface area contributed by atoms with Crippen LogP contribution in [0.1, 0.15) is 27.2 Å². The number of halogens is 1. The number of alkyl halides is 1. The summed E-state index contributed by atoms with van der Waals surface area (Å²) in [5.41, 5.74) is 0. The van der Waals surface area contributed by atoms with E-state index in [1.807, 2.05) is 0 Å². The second kappa shape index (κ2) is 12.7. The summed E-state index contributed by atoms with van der Waals surface area (Å²) in [6.45, 7) is 12.3. The zero-order valence-corrected chi connectivity index (χ0v) is 23.0. The fraction of sp³-hybridized carbons (Fsp3) is 0.333. The Bertz CT molecular complexity index is 770. The lowest BCUT2D eigenvalue weighted by Crippen LogP contribution is -2.41. The molecule has 31 heavy (non-hydrogen) atoms. The van der Waals surface area contributed by atoms with Crippen LogP contribution in [0, 0.1) is 0 Å². The molecular weight excluding hydrogens is 479 g/mol. The van der Waals surface area contributed by atoms with E-state index in [4.69, 9.17) is 4.43 Å². The normalized spacial score (nSPS) is 11.7. The average Bonchev–Trinajstić information content (AvgIpc) is 2.76. The molecule has 0 aliphatic heterocycles. The van der Waals surface area contributed by atoms with Gasteiger partial charge >= 0.3 is 0 Å². The van der Waals surface area contributed by atoms with Crippen LogP contribution in [0.4, 0.5) is 0 Å². The second-order valence-corrected chi connectivity index (χ2v) is 16.8. The highest BCUT2D eigenvalue weighted by Gasteiger charge is 2.36. The zero-order valence-electron chi connectivity index (χ0n) is 19.5. The maximum absolute atomic E-state index is 5.94.